The minimum atomic E-state index is -3.28. The quantitative estimate of drug-likeness (QED) is 0.594. The molecule has 3 N–H and O–H groups in total. The third-order valence-electron chi connectivity index (χ3n) is 3.45. The summed E-state index contributed by atoms with van der Waals surface area (Å²) in [6, 6.07) is -2.01. The standard InChI is InChI=1S/C12H22N2O6S/c1-20-10-5-3-4-8(10)13-12(17)14-9(11(15)16)6-7-21(2,18)19/h8-10H,3-7H2,1-2H3,(H,15,16)(H2,13,14,17). The van der Waals surface area contributed by atoms with E-state index in [0.29, 0.717) is 0 Å². The second kappa shape index (κ2) is 7.60. The first-order valence-electron chi connectivity index (χ1n) is 6.73. The van der Waals surface area contributed by atoms with Crippen molar-refractivity contribution in [2.75, 3.05) is 19.1 Å². The van der Waals surface area contributed by atoms with Gasteiger partial charge in [0.05, 0.1) is 17.9 Å². The third kappa shape index (κ3) is 6.30. The van der Waals surface area contributed by atoms with E-state index in [0.717, 1.165) is 25.5 Å². The second-order valence-corrected chi connectivity index (χ2v) is 7.50. The monoisotopic (exact) mass is 322 g/mol. The van der Waals surface area contributed by atoms with Crippen molar-refractivity contribution in [2.45, 2.75) is 43.9 Å². The Labute approximate surface area is 124 Å². The fourth-order valence-corrected chi connectivity index (χ4v) is 2.99. The average molecular weight is 322 g/mol. The summed E-state index contributed by atoms with van der Waals surface area (Å²) in [5.41, 5.74) is 0. The Balaban J connectivity index is 2.50. The van der Waals surface area contributed by atoms with Crippen LogP contribution in [0.2, 0.25) is 0 Å². The summed E-state index contributed by atoms with van der Waals surface area (Å²) in [7, 11) is -1.71. The first kappa shape index (κ1) is 17.7. The first-order valence-corrected chi connectivity index (χ1v) is 8.79. The zero-order valence-corrected chi connectivity index (χ0v) is 13.0. The molecule has 0 aromatic carbocycles. The molecule has 1 rings (SSSR count). The molecule has 0 bridgehead atoms. The number of nitrogens with one attached hydrogen (secondary N) is 2. The number of rotatable bonds is 7. The largest absolute Gasteiger partial charge is 0.480 e. The molecule has 0 aromatic rings. The minimum Gasteiger partial charge on any atom is -0.480 e. The van der Waals surface area contributed by atoms with Crippen molar-refractivity contribution in [3.63, 3.8) is 0 Å². The molecule has 1 fully saturated rings. The first-order chi connectivity index (χ1) is 9.73. The van der Waals surface area contributed by atoms with Gasteiger partial charge in [-0.3, -0.25) is 0 Å². The van der Waals surface area contributed by atoms with Gasteiger partial charge in [0, 0.05) is 13.4 Å². The fourth-order valence-electron chi connectivity index (χ4n) is 2.33. The van der Waals surface area contributed by atoms with Crippen molar-refractivity contribution < 1.29 is 27.9 Å². The number of hydrogen-bond acceptors (Lipinski definition) is 5. The molecule has 1 aliphatic carbocycles. The molecule has 0 heterocycles. The topological polar surface area (TPSA) is 122 Å². The Morgan fingerprint density at radius 3 is 2.57 bits per heavy atom. The highest BCUT2D eigenvalue weighted by Crippen LogP contribution is 2.21. The van der Waals surface area contributed by atoms with Crippen molar-refractivity contribution >= 4 is 21.8 Å². The van der Waals surface area contributed by atoms with Crippen LogP contribution in [0.25, 0.3) is 0 Å². The van der Waals surface area contributed by atoms with Gasteiger partial charge in [-0.2, -0.15) is 0 Å². The number of carboxylic acid groups (broad SMARTS) is 1. The van der Waals surface area contributed by atoms with Gasteiger partial charge in [-0.15, -0.1) is 0 Å². The molecule has 9 heteroatoms. The molecule has 2 amide bonds. The minimum absolute atomic E-state index is 0.0740. The molecule has 0 spiro atoms. The Morgan fingerprint density at radius 2 is 2.05 bits per heavy atom. The lowest BCUT2D eigenvalue weighted by Gasteiger charge is -2.21. The molecule has 1 aliphatic rings. The van der Waals surface area contributed by atoms with Crippen molar-refractivity contribution in [1.29, 1.82) is 0 Å². The van der Waals surface area contributed by atoms with Crippen LogP contribution in [-0.4, -0.2) is 62.8 Å². The summed E-state index contributed by atoms with van der Waals surface area (Å²) in [6.07, 6.45) is 3.33. The van der Waals surface area contributed by atoms with Gasteiger partial charge in [0.15, 0.2) is 0 Å². The molecule has 0 radical (unpaired) electrons. The maximum Gasteiger partial charge on any atom is 0.326 e. The number of amides is 2. The highest BCUT2D eigenvalue weighted by Gasteiger charge is 2.29. The van der Waals surface area contributed by atoms with E-state index in [-0.39, 0.29) is 24.3 Å². The van der Waals surface area contributed by atoms with Crippen LogP contribution >= 0.6 is 0 Å². The predicted octanol–water partition coefficient (Wildman–Crippen LogP) is -0.259. The van der Waals surface area contributed by atoms with Crippen LogP contribution in [0.1, 0.15) is 25.7 Å². The van der Waals surface area contributed by atoms with Gasteiger partial charge in [0.1, 0.15) is 15.9 Å². The van der Waals surface area contributed by atoms with E-state index in [4.69, 9.17) is 9.84 Å². The van der Waals surface area contributed by atoms with Gasteiger partial charge < -0.3 is 20.5 Å². The number of ether oxygens (including phenoxy) is 1. The van der Waals surface area contributed by atoms with Crippen molar-refractivity contribution in [2.24, 2.45) is 0 Å². The van der Waals surface area contributed by atoms with Gasteiger partial charge in [-0.05, 0) is 25.7 Å². The maximum atomic E-state index is 11.8. The molecule has 21 heavy (non-hydrogen) atoms. The van der Waals surface area contributed by atoms with E-state index >= 15 is 0 Å². The summed E-state index contributed by atoms with van der Waals surface area (Å²) in [4.78, 5) is 22.9. The summed E-state index contributed by atoms with van der Waals surface area (Å²) < 4.78 is 27.4. The molecule has 3 atom stereocenters. The van der Waals surface area contributed by atoms with E-state index in [1.165, 1.54) is 0 Å². The van der Waals surface area contributed by atoms with E-state index in [1.54, 1.807) is 7.11 Å². The number of urea groups is 1. The van der Waals surface area contributed by atoms with E-state index in [2.05, 4.69) is 10.6 Å². The van der Waals surface area contributed by atoms with Crippen LogP contribution in [0.4, 0.5) is 4.79 Å². The third-order valence-corrected chi connectivity index (χ3v) is 4.43. The lowest BCUT2D eigenvalue weighted by molar-refractivity contribution is -0.139. The molecule has 1 saturated carbocycles. The highest BCUT2D eigenvalue weighted by molar-refractivity contribution is 7.90. The summed E-state index contributed by atoms with van der Waals surface area (Å²) in [5, 5.41) is 14.0. The lowest BCUT2D eigenvalue weighted by atomic mass is 10.2. The molecule has 0 aliphatic heterocycles. The number of hydrogen-bond donors (Lipinski definition) is 3. The maximum absolute atomic E-state index is 11.8. The number of aliphatic carboxylic acids is 1. The number of sulfone groups is 1. The van der Waals surface area contributed by atoms with E-state index in [1.807, 2.05) is 0 Å². The van der Waals surface area contributed by atoms with Crippen LogP contribution in [0.5, 0.6) is 0 Å². The predicted molar refractivity (Wildman–Crippen MR) is 75.9 cm³/mol. The summed E-state index contributed by atoms with van der Waals surface area (Å²) in [6.45, 7) is 0. The molecule has 122 valence electrons. The molecule has 0 aromatic heterocycles. The fraction of sp³-hybridized carbons (Fsp3) is 0.833. The molecular weight excluding hydrogens is 300 g/mol. The van der Waals surface area contributed by atoms with Crippen LogP contribution in [0.3, 0.4) is 0 Å². The Kier molecular flexibility index (Phi) is 6.41. The van der Waals surface area contributed by atoms with Crippen molar-refractivity contribution in [1.82, 2.24) is 10.6 Å². The van der Waals surface area contributed by atoms with Gasteiger partial charge in [0.25, 0.3) is 0 Å². The molecule has 3 unspecified atom stereocenters. The van der Waals surface area contributed by atoms with Crippen LogP contribution in [0.15, 0.2) is 0 Å². The Bertz CT molecular complexity index is 478. The van der Waals surface area contributed by atoms with Crippen LogP contribution in [-0.2, 0) is 19.4 Å². The molecule has 8 nitrogen and oxygen atoms in total. The number of carbonyl (C=O) groups excluding carboxylic acids is 1. The summed E-state index contributed by atoms with van der Waals surface area (Å²) in [5.74, 6) is -1.56. The van der Waals surface area contributed by atoms with Gasteiger partial charge >= 0.3 is 12.0 Å². The van der Waals surface area contributed by atoms with E-state index in [9.17, 15) is 18.0 Å². The van der Waals surface area contributed by atoms with Crippen LogP contribution in [0, 0.1) is 0 Å². The smallest absolute Gasteiger partial charge is 0.326 e. The molecular formula is C12H22N2O6S. The number of carbonyl (C=O) groups is 2. The lowest BCUT2D eigenvalue weighted by Crippen LogP contribution is -2.51. The zero-order chi connectivity index (χ0) is 16.0. The zero-order valence-electron chi connectivity index (χ0n) is 12.2. The SMILES string of the molecule is COC1CCCC1NC(=O)NC(CCS(C)(=O)=O)C(=O)O. The average Bonchev–Trinajstić information content (AvgIpc) is 2.80. The van der Waals surface area contributed by atoms with Gasteiger partial charge in [0.2, 0.25) is 0 Å². The van der Waals surface area contributed by atoms with Crippen LogP contribution < -0.4 is 10.6 Å². The molecule has 0 saturated heterocycles. The van der Waals surface area contributed by atoms with Crippen molar-refractivity contribution in [3.05, 3.63) is 0 Å². The summed E-state index contributed by atoms with van der Waals surface area (Å²) >= 11 is 0. The highest BCUT2D eigenvalue weighted by atomic mass is 32.2. The Hall–Kier alpha value is -1.35. The van der Waals surface area contributed by atoms with Gasteiger partial charge in [-0.25, -0.2) is 18.0 Å². The second-order valence-electron chi connectivity index (χ2n) is 5.24. The van der Waals surface area contributed by atoms with Crippen molar-refractivity contribution in [3.8, 4) is 0 Å². The number of methoxy groups -OCH3 is 1. The van der Waals surface area contributed by atoms with Gasteiger partial charge in [-0.1, -0.05) is 0 Å². The van der Waals surface area contributed by atoms with E-state index < -0.39 is 27.9 Å². The Morgan fingerprint density at radius 1 is 1.38 bits per heavy atom. The number of carboxylic acids is 1. The normalized spacial score (nSPS) is 23.5.